The van der Waals surface area contributed by atoms with E-state index in [1.165, 1.54) is 30.5 Å². The van der Waals surface area contributed by atoms with Gasteiger partial charge in [-0.1, -0.05) is 12.1 Å². The van der Waals surface area contributed by atoms with E-state index in [4.69, 9.17) is 5.84 Å². The van der Waals surface area contributed by atoms with E-state index in [0.717, 1.165) is 5.56 Å². The van der Waals surface area contributed by atoms with E-state index in [1.807, 2.05) is 0 Å². The van der Waals surface area contributed by atoms with Crippen molar-refractivity contribution in [1.29, 1.82) is 0 Å². The monoisotopic (exact) mass is 249 g/mol. The van der Waals surface area contributed by atoms with Crippen LogP contribution in [0, 0.1) is 11.6 Å². The Morgan fingerprint density at radius 3 is 2.50 bits per heavy atom. The predicted molar refractivity (Wildman–Crippen MR) is 64.4 cm³/mol. The van der Waals surface area contributed by atoms with Crippen LogP contribution in [0.25, 0.3) is 0 Å². The normalized spacial score (nSPS) is 12.4. The maximum absolute atomic E-state index is 13.6. The number of nitrogens with zero attached hydrogens (tertiary/aromatic N) is 1. The predicted octanol–water partition coefficient (Wildman–Crippen LogP) is 2.11. The number of pyridine rings is 1. The minimum Gasteiger partial charge on any atom is -0.271 e. The van der Waals surface area contributed by atoms with Gasteiger partial charge in [0.15, 0.2) is 0 Å². The minimum absolute atomic E-state index is 0.254. The van der Waals surface area contributed by atoms with Crippen molar-refractivity contribution >= 4 is 0 Å². The van der Waals surface area contributed by atoms with E-state index in [2.05, 4.69) is 10.4 Å². The van der Waals surface area contributed by atoms with Gasteiger partial charge in [0, 0.05) is 6.20 Å². The van der Waals surface area contributed by atoms with Gasteiger partial charge in [-0.05, 0) is 36.2 Å². The summed E-state index contributed by atoms with van der Waals surface area (Å²) in [5.41, 5.74) is 3.63. The molecule has 0 radical (unpaired) electrons. The molecule has 0 aliphatic heterocycles. The number of hydrogen-bond acceptors (Lipinski definition) is 3. The number of halogens is 2. The molecule has 0 amide bonds. The second-order valence-electron chi connectivity index (χ2n) is 3.92. The molecule has 1 aromatic carbocycles. The zero-order valence-corrected chi connectivity index (χ0v) is 9.61. The topological polar surface area (TPSA) is 50.9 Å². The van der Waals surface area contributed by atoms with E-state index < -0.39 is 11.9 Å². The van der Waals surface area contributed by atoms with Crippen molar-refractivity contribution in [3.05, 3.63) is 65.5 Å². The van der Waals surface area contributed by atoms with Crippen LogP contribution in [0.3, 0.4) is 0 Å². The van der Waals surface area contributed by atoms with Crippen LogP contribution >= 0.6 is 0 Å². The van der Waals surface area contributed by atoms with Crippen LogP contribution in [0.15, 0.2) is 42.6 Å². The lowest BCUT2D eigenvalue weighted by molar-refractivity contribution is 0.494. The van der Waals surface area contributed by atoms with E-state index in [-0.39, 0.29) is 11.5 Å². The second-order valence-corrected chi connectivity index (χ2v) is 3.92. The van der Waals surface area contributed by atoms with Gasteiger partial charge in [-0.3, -0.25) is 16.3 Å². The molecular weight excluding hydrogens is 236 g/mol. The van der Waals surface area contributed by atoms with E-state index in [0.29, 0.717) is 6.42 Å². The van der Waals surface area contributed by atoms with Crippen molar-refractivity contribution in [2.75, 3.05) is 0 Å². The van der Waals surface area contributed by atoms with Gasteiger partial charge in [0.2, 0.25) is 0 Å². The summed E-state index contributed by atoms with van der Waals surface area (Å²) in [6.45, 7) is 0. The minimum atomic E-state index is -0.448. The number of aromatic nitrogens is 1. The number of hydrogen-bond donors (Lipinski definition) is 2. The first-order chi connectivity index (χ1) is 8.70. The van der Waals surface area contributed by atoms with Crippen LogP contribution in [0.2, 0.25) is 0 Å². The Balaban J connectivity index is 2.20. The summed E-state index contributed by atoms with van der Waals surface area (Å²) >= 11 is 0. The Labute approximate surface area is 104 Å². The van der Waals surface area contributed by atoms with Crippen molar-refractivity contribution in [2.45, 2.75) is 12.5 Å². The van der Waals surface area contributed by atoms with Crippen molar-refractivity contribution in [2.24, 2.45) is 5.84 Å². The summed E-state index contributed by atoms with van der Waals surface area (Å²) in [5, 5.41) is 0. The molecule has 94 valence electrons. The molecule has 1 atom stereocenters. The molecule has 18 heavy (non-hydrogen) atoms. The molecule has 0 aliphatic carbocycles. The largest absolute Gasteiger partial charge is 0.271 e. The SMILES string of the molecule is NNC(Cc1ccc(F)cc1)c1ncccc1F. The van der Waals surface area contributed by atoms with Crippen LogP contribution in [0.1, 0.15) is 17.3 Å². The number of nitrogens with one attached hydrogen (secondary N) is 1. The van der Waals surface area contributed by atoms with Crippen LogP contribution in [0.5, 0.6) is 0 Å². The molecule has 0 saturated carbocycles. The first kappa shape index (κ1) is 12.6. The maximum atomic E-state index is 13.6. The fourth-order valence-corrected chi connectivity index (χ4v) is 1.75. The molecule has 1 unspecified atom stereocenters. The first-order valence-electron chi connectivity index (χ1n) is 5.51. The Bertz CT molecular complexity index is 514. The molecule has 2 rings (SSSR count). The number of hydrazine groups is 1. The highest BCUT2D eigenvalue weighted by molar-refractivity contribution is 5.20. The lowest BCUT2D eigenvalue weighted by atomic mass is 10.0. The second kappa shape index (κ2) is 5.66. The molecule has 0 saturated heterocycles. The van der Waals surface area contributed by atoms with E-state index >= 15 is 0 Å². The lowest BCUT2D eigenvalue weighted by Crippen LogP contribution is -2.31. The third-order valence-corrected chi connectivity index (χ3v) is 2.67. The van der Waals surface area contributed by atoms with Crippen molar-refractivity contribution < 1.29 is 8.78 Å². The number of rotatable bonds is 4. The molecule has 0 bridgehead atoms. The summed E-state index contributed by atoms with van der Waals surface area (Å²) in [6, 6.07) is 8.40. The molecule has 2 aromatic rings. The molecule has 0 spiro atoms. The first-order valence-corrected chi connectivity index (χ1v) is 5.51. The fraction of sp³-hybridized carbons (Fsp3) is 0.154. The number of nitrogens with two attached hydrogens (primary N) is 1. The Morgan fingerprint density at radius 2 is 1.89 bits per heavy atom. The van der Waals surface area contributed by atoms with Gasteiger partial charge in [0.25, 0.3) is 0 Å². The molecule has 1 heterocycles. The summed E-state index contributed by atoms with van der Waals surface area (Å²) in [7, 11) is 0. The highest BCUT2D eigenvalue weighted by atomic mass is 19.1. The number of benzene rings is 1. The summed E-state index contributed by atoms with van der Waals surface area (Å²) < 4.78 is 26.4. The van der Waals surface area contributed by atoms with Crippen molar-refractivity contribution in [1.82, 2.24) is 10.4 Å². The molecule has 0 fully saturated rings. The summed E-state index contributed by atoms with van der Waals surface area (Å²) in [5.74, 6) is 4.70. The van der Waals surface area contributed by atoms with Crippen LogP contribution < -0.4 is 11.3 Å². The van der Waals surface area contributed by atoms with Gasteiger partial charge in [0.1, 0.15) is 11.6 Å². The van der Waals surface area contributed by atoms with Gasteiger partial charge in [-0.2, -0.15) is 0 Å². The Hall–Kier alpha value is -1.85. The zero-order valence-electron chi connectivity index (χ0n) is 9.61. The average molecular weight is 249 g/mol. The quantitative estimate of drug-likeness (QED) is 0.644. The van der Waals surface area contributed by atoms with Crippen molar-refractivity contribution in [3.63, 3.8) is 0 Å². The zero-order chi connectivity index (χ0) is 13.0. The molecule has 3 N–H and O–H groups in total. The van der Waals surface area contributed by atoms with Gasteiger partial charge >= 0.3 is 0 Å². The summed E-state index contributed by atoms with van der Waals surface area (Å²) in [4.78, 5) is 3.97. The van der Waals surface area contributed by atoms with E-state index in [1.54, 1.807) is 12.1 Å². The highest BCUT2D eigenvalue weighted by Crippen LogP contribution is 2.18. The Morgan fingerprint density at radius 1 is 1.17 bits per heavy atom. The third-order valence-electron chi connectivity index (χ3n) is 2.67. The van der Waals surface area contributed by atoms with Gasteiger partial charge in [-0.15, -0.1) is 0 Å². The molecule has 3 nitrogen and oxygen atoms in total. The van der Waals surface area contributed by atoms with Crippen LogP contribution in [-0.4, -0.2) is 4.98 Å². The maximum Gasteiger partial charge on any atom is 0.146 e. The highest BCUT2D eigenvalue weighted by Gasteiger charge is 2.16. The standard InChI is InChI=1S/C13H13F2N3/c14-10-5-3-9(4-6-10)8-12(18-16)13-11(15)2-1-7-17-13/h1-7,12,18H,8,16H2. The van der Waals surface area contributed by atoms with Crippen LogP contribution in [-0.2, 0) is 6.42 Å². The smallest absolute Gasteiger partial charge is 0.146 e. The van der Waals surface area contributed by atoms with Crippen LogP contribution in [0.4, 0.5) is 8.78 Å². The average Bonchev–Trinajstić information content (AvgIpc) is 2.39. The van der Waals surface area contributed by atoms with Gasteiger partial charge in [0.05, 0.1) is 11.7 Å². The fourth-order valence-electron chi connectivity index (χ4n) is 1.75. The molecule has 5 heteroatoms. The van der Waals surface area contributed by atoms with Crippen molar-refractivity contribution in [3.8, 4) is 0 Å². The molecular formula is C13H13F2N3. The molecule has 0 aliphatic rings. The molecule has 1 aromatic heterocycles. The Kier molecular flexibility index (Phi) is 3.96. The van der Waals surface area contributed by atoms with Gasteiger partial charge in [-0.25, -0.2) is 8.78 Å². The lowest BCUT2D eigenvalue weighted by Gasteiger charge is -2.15. The van der Waals surface area contributed by atoms with Gasteiger partial charge < -0.3 is 0 Å². The summed E-state index contributed by atoms with van der Waals surface area (Å²) in [6.07, 6.45) is 1.94. The van der Waals surface area contributed by atoms with E-state index in [9.17, 15) is 8.78 Å². The third kappa shape index (κ3) is 2.88.